The van der Waals surface area contributed by atoms with Crippen molar-refractivity contribution in [2.75, 3.05) is 0 Å². The second kappa shape index (κ2) is 9.89. The van der Waals surface area contributed by atoms with Crippen LogP contribution in [-0.4, -0.2) is 21.1 Å². The monoisotopic (exact) mass is 414 g/mol. The van der Waals surface area contributed by atoms with Crippen LogP contribution in [0.5, 0.6) is 5.75 Å². The van der Waals surface area contributed by atoms with Gasteiger partial charge >= 0.3 is 0 Å². The van der Waals surface area contributed by atoms with Gasteiger partial charge in [0, 0.05) is 11.3 Å². The predicted octanol–water partition coefficient (Wildman–Crippen LogP) is 5.34. The average Bonchev–Trinajstić information content (AvgIpc) is 3.24. The van der Waals surface area contributed by atoms with Gasteiger partial charge in [-0.25, -0.2) is 0 Å². The number of rotatable bonds is 8. The lowest BCUT2D eigenvalue weighted by Crippen LogP contribution is -1.99. The molecule has 150 valence electrons. The highest BCUT2D eigenvalue weighted by Crippen LogP contribution is 2.22. The molecule has 0 unspecified atom stereocenters. The fourth-order valence-corrected chi connectivity index (χ4v) is 3.62. The molecular weight excluding hydrogens is 392 g/mol. The lowest BCUT2D eigenvalue weighted by atomic mass is 10.2. The lowest BCUT2D eigenvalue weighted by molar-refractivity contribution is 0.306. The first kappa shape index (κ1) is 19.9. The summed E-state index contributed by atoms with van der Waals surface area (Å²) in [5.41, 5.74) is 4.52. The topological polar surface area (TPSA) is 52.3 Å². The Labute approximate surface area is 180 Å². The van der Waals surface area contributed by atoms with Gasteiger partial charge in [0.2, 0.25) is 5.16 Å². The quantitative estimate of drug-likeness (QED) is 0.288. The average molecular weight is 415 g/mol. The summed E-state index contributed by atoms with van der Waals surface area (Å²) >= 11 is 1.60. The van der Waals surface area contributed by atoms with E-state index in [1.807, 2.05) is 54.6 Å². The van der Waals surface area contributed by atoms with E-state index in [2.05, 4.69) is 46.5 Å². The third-order valence-electron chi connectivity index (χ3n) is 4.47. The van der Waals surface area contributed by atoms with Crippen molar-refractivity contribution in [1.82, 2.24) is 14.9 Å². The van der Waals surface area contributed by atoms with Gasteiger partial charge < -0.3 is 4.74 Å². The van der Waals surface area contributed by atoms with Crippen molar-refractivity contribution in [3.05, 3.63) is 107 Å². The van der Waals surface area contributed by atoms with Gasteiger partial charge in [-0.15, -0.1) is 10.2 Å². The first-order valence-corrected chi connectivity index (χ1v) is 10.6. The minimum absolute atomic E-state index is 0.510. The van der Waals surface area contributed by atoms with E-state index < -0.39 is 0 Å². The molecule has 30 heavy (non-hydrogen) atoms. The van der Waals surface area contributed by atoms with Gasteiger partial charge in [0.05, 0.1) is 6.21 Å². The summed E-state index contributed by atoms with van der Waals surface area (Å²) in [5.74, 6) is 1.60. The molecule has 1 heterocycles. The molecule has 0 aliphatic rings. The second-order valence-electron chi connectivity index (χ2n) is 6.79. The van der Waals surface area contributed by atoms with Crippen molar-refractivity contribution >= 4 is 18.0 Å². The lowest BCUT2D eigenvalue weighted by Gasteiger charge is -2.09. The number of aryl methyl sites for hydroxylation is 1. The van der Waals surface area contributed by atoms with Crippen LogP contribution in [0.1, 0.15) is 22.3 Å². The number of benzene rings is 3. The Morgan fingerprint density at radius 2 is 1.70 bits per heavy atom. The zero-order valence-electron chi connectivity index (χ0n) is 16.7. The number of hydrogen-bond donors (Lipinski definition) is 0. The number of thioether (sulfide) groups is 1. The highest BCUT2D eigenvalue weighted by Gasteiger charge is 2.06. The number of ether oxygens (including phenoxy) is 1. The van der Waals surface area contributed by atoms with E-state index in [1.165, 1.54) is 11.1 Å². The fraction of sp³-hybridized carbons (Fsp3) is 0.125. The Bertz CT molecular complexity index is 1110. The molecule has 0 radical (unpaired) electrons. The van der Waals surface area contributed by atoms with Gasteiger partial charge in [0.1, 0.15) is 18.7 Å². The molecular formula is C24H22N4OS. The Morgan fingerprint density at radius 3 is 2.53 bits per heavy atom. The van der Waals surface area contributed by atoms with Gasteiger partial charge in [-0.05, 0) is 30.2 Å². The maximum atomic E-state index is 6.00. The van der Waals surface area contributed by atoms with Crippen molar-refractivity contribution in [1.29, 1.82) is 0 Å². The van der Waals surface area contributed by atoms with E-state index in [0.717, 1.165) is 27.8 Å². The Kier molecular flexibility index (Phi) is 6.57. The van der Waals surface area contributed by atoms with E-state index in [9.17, 15) is 0 Å². The van der Waals surface area contributed by atoms with Crippen LogP contribution in [-0.2, 0) is 12.4 Å². The fourth-order valence-electron chi connectivity index (χ4n) is 2.80. The molecule has 0 aliphatic heterocycles. The molecule has 0 fully saturated rings. The summed E-state index contributed by atoms with van der Waals surface area (Å²) in [6.07, 6.45) is 3.39. The molecule has 0 saturated heterocycles. The highest BCUT2D eigenvalue weighted by molar-refractivity contribution is 7.98. The zero-order chi connectivity index (χ0) is 20.6. The molecule has 1 aromatic heterocycles. The molecule has 0 saturated carbocycles. The first-order valence-electron chi connectivity index (χ1n) is 9.66. The highest BCUT2D eigenvalue weighted by atomic mass is 32.2. The van der Waals surface area contributed by atoms with Crippen LogP contribution in [0.2, 0.25) is 0 Å². The number of para-hydroxylation sites is 1. The maximum Gasteiger partial charge on any atom is 0.212 e. The summed E-state index contributed by atoms with van der Waals surface area (Å²) in [6, 6.07) is 26.5. The minimum Gasteiger partial charge on any atom is -0.488 e. The predicted molar refractivity (Wildman–Crippen MR) is 121 cm³/mol. The van der Waals surface area contributed by atoms with Crippen LogP contribution in [0.3, 0.4) is 0 Å². The number of hydrogen-bond acceptors (Lipinski definition) is 5. The smallest absolute Gasteiger partial charge is 0.212 e. The van der Waals surface area contributed by atoms with Crippen molar-refractivity contribution in [3.8, 4) is 5.75 Å². The van der Waals surface area contributed by atoms with Gasteiger partial charge in [-0.2, -0.15) is 9.78 Å². The van der Waals surface area contributed by atoms with Gasteiger partial charge in [-0.3, -0.25) is 0 Å². The van der Waals surface area contributed by atoms with E-state index >= 15 is 0 Å². The number of aromatic nitrogens is 3. The van der Waals surface area contributed by atoms with E-state index in [-0.39, 0.29) is 0 Å². The molecule has 3 aromatic carbocycles. The van der Waals surface area contributed by atoms with E-state index in [0.29, 0.717) is 6.61 Å². The van der Waals surface area contributed by atoms with Gasteiger partial charge in [-0.1, -0.05) is 84.1 Å². The van der Waals surface area contributed by atoms with Gasteiger partial charge in [0.15, 0.2) is 0 Å². The summed E-state index contributed by atoms with van der Waals surface area (Å²) < 4.78 is 7.69. The molecule has 5 nitrogen and oxygen atoms in total. The van der Waals surface area contributed by atoms with Crippen LogP contribution in [0.25, 0.3) is 0 Å². The standard InChI is InChI=1S/C24H22N4OS/c1-19-11-13-21(14-12-19)17-30-24-27-25-18-28(24)26-15-22-9-5-6-10-23(22)29-16-20-7-3-2-4-8-20/h2-15,18H,16-17H2,1H3/b26-15-. The Balaban J connectivity index is 1.43. The van der Waals surface area contributed by atoms with Gasteiger partial charge in [0.25, 0.3) is 0 Å². The third kappa shape index (κ3) is 5.36. The molecule has 6 heteroatoms. The van der Waals surface area contributed by atoms with E-state index in [1.54, 1.807) is 29.0 Å². The second-order valence-corrected chi connectivity index (χ2v) is 7.73. The molecule has 0 spiro atoms. The van der Waals surface area contributed by atoms with Crippen molar-refractivity contribution in [2.45, 2.75) is 24.4 Å². The van der Waals surface area contributed by atoms with Crippen LogP contribution < -0.4 is 4.74 Å². The van der Waals surface area contributed by atoms with Crippen molar-refractivity contribution in [2.24, 2.45) is 5.10 Å². The molecule has 4 aromatic rings. The first-order chi connectivity index (χ1) is 14.8. The molecule has 0 N–H and O–H groups in total. The zero-order valence-corrected chi connectivity index (χ0v) is 17.5. The summed E-state index contributed by atoms with van der Waals surface area (Å²) in [6.45, 7) is 2.60. The van der Waals surface area contributed by atoms with Crippen molar-refractivity contribution < 1.29 is 4.74 Å². The molecule has 0 bridgehead atoms. The summed E-state index contributed by atoms with van der Waals surface area (Å²) in [5, 5.41) is 13.5. The normalized spacial score (nSPS) is 11.1. The Morgan fingerprint density at radius 1 is 0.933 bits per heavy atom. The van der Waals surface area contributed by atoms with Crippen LogP contribution in [0.15, 0.2) is 95.4 Å². The van der Waals surface area contributed by atoms with Crippen LogP contribution in [0.4, 0.5) is 0 Å². The van der Waals surface area contributed by atoms with Crippen molar-refractivity contribution in [3.63, 3.8) is 0 Å². The largest absolute Gasteiger partial charge is 0.488 e. The summed E-state index contributed by atoms with van der Waals surface area (Å²) in [4.78, 5) is 0. The molecule has 0 aliphatic carbocycles. The third-order valence-corrected chi connectivity index (χ3v) is 5.47. The molecule has 0 atom stereocenters. The summed E-state index contributed by atoms with van der Waals surface area (Å²) in [7, 11) is 0. The minimum atomic E-state index is 0.510. The van der Waals surface area contributed by atoms with Crippen LogP contribution in [0, 0.1) is 6.92 Å². The SMILES string of the molecule is Cc1ccc(CSc2nncn2/N=C\c2ccccc2OCc2ccccc2)cc1. The Hall–Kier alpha value is -3.38. The number of nitrogens with zero attached hydrogens (tertiary/aromatic N) is 4. The molecule has 4 rings (SSSR count). The van der Waals surface area contributed by atoms with E-state index in [4.69, 9.17) is 4.74 Å². The maximum absolute atomic E-state index is 6.00. The van der Waals surface area contributed by atoms with Crippen LogP contribution >= 0.6 is 11.8 Å². The molecule has 0 amide bonds.